The summed E-state index contributed by atoms with van der Waals surface area (Å²) in [4.78, 5) is 29.2. The van der Waals surface area contributed by atoms with Crippen molar-refractivity contribution in [3.8, 4) is 0 Å². The van der Waals surface area contributed by atoms with Crippen LogP contribution in [0.5, 0.6) is 0 Å². The molecular formula is C20H29N3O3. The van der Waals surface area contributed by atoms with E-state index in [1.165, 1.54) is 0 Å². The van der Waals surface area contributed by atoms with Crippen molar-refractivity contribution < 1.29 is 14.3 Å². The Morgan fingerprint density at radius 2 is 1.96 bits per heavy atom. The molecule has 2 aliphatic heterocycles. The van der Waals surface area contributed by atoms with E-state index in [1.54, 1.807) is 0 Å². The normalized spacial score (nSPS) is 25.3. The first-order valence-electron chi connectivity index (χ1n) is 9.41. The first-order chi connectivity index (χ1) is 12.5. The van der Waals surface area contributed by atoms with Gasteiger partial charge in [0.05, 0.1) is 18.6 Å². The number of amides is 2. The average molecular weight is 359 g/mol. The highest BCUT2D eigenvalue weighted by molar-refractivity contribution is 5.95. The Hall–Kier alpha value is -2.08. The molecule has 0 bridgehead atoms. The Bertz CT molecular complexity index is 638. The first-order valence-corrected chi connectivity index (χ1v) is 9.41. The van der Waals surface area contributed by atoms with Gasteiger partial charge >= 0.3 is 0 Å². The fraction of sp³-hybridized carbons (Fsp3) is 0.600. The molecular weight excluding hydrogens is 330 g/mol. The summed E-state index contributed by atoms with van der Waals surface area (Å²) in [7, 11) is 3.96. The van der Waals surface area contributed by atoms with E-state index in [4.69, 9.17) is 4.74 Å². The Morgan fingerprint density at radius 1 is 1.23 bits per heavy atom. The van der Waals surface area contributed by atoms with E-state index < -0.39 is 0 Å². The van der Waals surface area contributed by atoms with Gasteiger partial charge in [0.25, 0.3) is 5.91 Å². The summed E-state index contributed by atoms with van der Waals surface area (Å²) in [6, 6.07) is 7.73. The molecule has 0 radical (unpaired) electrons. The maximum absolute atomic E-state index is 13.0. The molecule has 1 aromatic rings. The number of hydrogen-bond acceptors (Lipinski definition) is 4. The van der Waals surface area contributed by atoms with Crippen LogP contribution in [0.2, 0.25) is 0 Å². The molecule has 2 saturated heterocycles. The van der Waals surface area contributed by atoms with E-state index >= 15 is 0 Å². The van der Waals surface area contributed by atoms with Crippen molar-refractivity contribution in [2.75, 3.05) is 45.3 Å². The zero-order valence-corrected chi connectivity index (χ0v) is 15.9. The molecule has 2 unspecified atom stereocenters. The van der Waals surface area contributed by atoms with Crippen LogP contribution in [0, 0.1) is 11.8 Å². The Kier molecular flexibility index (Phi) is 5.81. The lowest BCUT2D eigenvalue weighted by atomic mass is 10.0. The molecule has 26 heavy (non-hydrogen) atoms. The van der Waals surface area contributed by atoms with E-state index in [2.05, 4.69) is 12.2 Å². The second kappa shape index (κ2) is 8.08. The van der Waals surface area contributed by atoms with Gasteiger partial charge in [-0.3, -0.25) is 9.59 Å². The second-order valence-electron chi connectivity index (χ2n) is 7.58. The summed E-state index contributed by atoms with van der Waals surface area (Å²) in [6.07, 6.45) is 1.75. The minimum atomic E-state index is -0.0468. The van der Waals surface area contributed by atoms with Gasteiger partial charge in [-0.1, -0.05) is 6.92 Å². The Labute approximate surface area is 155 Å². The van der Waals surface area contributed by atoms with Crippen molar-refractivity contribution in [3.05, 3.63) is 29.8 Å². The molecule has 1 N–H and O–H groups in total. The van der Waals surface area contributed by atoms with Crippen LogP contribution in [0.1, 0.15) is 30.1 Å². The van der Waals surface area contributed by atoms with Gasteiger partial charge in [-0.2, -0.15) is 0 Å². The lowest BCUT2D eigenvalue weighted by Gasteiger charge is -2.28. The molecule has 0 spiro atoms. The van der Waals surface area contributed by atoms with E-state index in [0.717, 1.165) is 25.1 Å². The molecule has 0 saturated carbocycles. The van der Waals surface area contributed by atoms with Gasteiger partial charge in [-0.15, -0.1) is 0 Å². The van der Waals surface area contributed by atoms with Crippen LogP contribution < -0.4 is 10.2 Å². The molecule has 1 aromatic carbocycles. The Morgan fingerprint density at radius 3 is 2.58 bits per heavy atom. The monoisotopic (exact) mass is 359 g/mol. The second-order valence-corrected chi connectivity index (χ2v) is 7.58. The zero-order valence-electron chi connectivity index (χ0n) is 15.9. The van der Waals surface area contributed by atoms with Crippen molar-refractivity contribution in [1.29, 1.82) is 0 Å². The topological polar surface area (TPSA) is 61.9 Å². The number of likely N-dealkylation sites (tertiary alicyclic amines) is 1. The van der Waals surface area contributed by atoms with Crippen LogP contribution in [0.15, 0.2) is 24.3 Å². The molecule has 2 amide bonds. The summed E-state index contributed by atoms with van der Waals surface area (Å²) in [5.74, 6) is 0.419. The molecule has 6 heteroatoms. The van der Waals surface area contributed by atoms with Crippen LogP contribution >= 0.6 is 0 Å². The highest BCUT2D eigenvalue weighted by Gasteiger charge is 2.35. The number of carbonyl (C=O) groups is 2. The third-order valence-electron chi connectivity index (χ3n) is 5.56. The van der Waals surface area contributed by atoms with Crippen molar-refractivity contribution in [2.45, 2.75) is 25.8 Å². The number of carbonyl (C=O) groups excluding carboxylic acids is 2. The summed E-state index contributed by atoms with van der Waals surface area (Å²) >= 11 is 0. The van der Waals surface area contributed by atoms with Crippen molar-refractivity contribution in [1.82, 2.24) is 10.2 Å². The molecule has 142 valence electrons. The minimum absolute atomic E-state index is 0.0438. The molecule has 2 aliphatic rings. The number of ether oxygens (including phenoxy) is 1. The van der Waals surface area contributed by atoms with E-state index in [-0.39, 0.29) is 23.8 Å². The summed E-state index contributed by atoms with van der Waals surface area (Å²) in [6.45, 7) is 4.57. The number of anilines is 1. The maximum atomic E-state index is 13.0. The van der Waals surface area contributed by atoms with Gasteiger partial charge in [0, 0.05) is 45.0 Å². The fourth-order valence-corrected chi connectivity index (χ4v) is 3.73. The number of nitrogens with one attached hydrogen (secondary N) is 1. The molecule has 0 aromatic heterocycles. The predicted octanol–water partition coefficient (Wildman–Crippen LogP) is 1.76. The van der Waals surface area contributed by atoms with Gasteiger partial charge in [-0.25, -0.2) is 0 Å². The predicted molar refractivity (Wildman–Crippen MR) is 101 cm³/mol. The number of benzene rings is 1. The number of nitrogens with zero attached hydrogens (tertiary/aromatic N) is 2. The van der Waals surface area contributed by atoms with Gasteiger partial charge in [0.15, 0.2) is 0 Å². The third kappa shape index (κ3) is 4.01. The SMILES string of the molecule is CC1CCN(C(=O)c2ccc(N(C)C)cc2)C1CNC(=O)[C@@H]1CCOC1. The summed E-state index contributed by atoms with van der Waals surface area (Å²) < 4.78 is 5.29. The van der Waals surface area contributed by atoms with E-state index in [1.807, 2.05) is 48.2 Å². The van der Waals surface area contributed by atoms with E-state index in [9.17, 15) is 9.59 Å². The zero-order chi connectivity index (χ0) is 18.7. The Balaban J connectivity index is 1.63. The molecule has 2 fully saturated rings. The maximum Gasteiger partial charge on any atom is 0.254 e. The van der Waals surface area contributed by atoms with Crippen molar-refractivity contribution >= 4 is 17.5 Å². The highest BCUT2D eigenvalue weighted by Crippen LogP contribution is 2.26. The molecule has 6 nitrogen and oxygen atoms in total. The number of rotatable bonds is 5. The largest absolute Gasteiger partial charge is 0.381 e. The van der Waals surface area contributed by atoms with Crippen LogP contribution in [0.25, 0.3) is 0 Å². The van der Waals surface area contributed by atoms with Crippen molar-refractivity contribution in [2.24, 2.45) is 11.8 Å². The lowest BCUT2D eigenvalue weighted by molar-refractivity contribution is -0.125. The molecule has 0 aliphatic carbocycles. The molecule has 2 heterocycles. The van der Waals surface area contributed by atoms with Crippen LogP contribution in [-0.4, -0.2) is 63.2 Å². The highest BCUT2D eigenvalue weighted by atomic mass is 16.5. The lowest BCUT2D eigenvalue weighted by Crippen LogP contribution is -2.46. The standard InChI is InChI=1S/C20H29N3O3/c1-14-8-10-23(18(14)12-21-19(24)16-9-11-26-13-16)20(25)15-4-6-17(7-5-15)22(2)3/h4-7,14,16,18H,8-13H2,1-3H3,(H,21,24)/t14?,16-,18?/m1/s1. The average Bonchev–Trinajstić information content (AvgIpc) is 3.29. The summed E-state index contributed by atoms with van der Waals surface area (Å²) in [5.41, 5.74) is 1.77. The minimum Gasteiger partial charge on any atom is -0.381 e. The fourth-order valence-electron chi connectivity index (χ4n) is 3.73. The number of hydrogen-bond donors (Lipinski definition) is 1. The first kappa shape index (κ1) is 18.7. The quantitative estimate of drug-likeness (QED) is 0.870. The van der Waals surface area contributed by atoms with Crippen LogP contribution in [-0.2, 0) is 9.53 Å². The van der Waals surface area contributed by atoms with Gasteiger partial charge in [-0.05, 0) is 43.0 Å². The van der Waals surface area contributed by atoms with Gasteiger partial charge in [0.1, 0.15) is 0 Å². The third-order valence-corrected chi connectivity index (χ3v) is 5.56. The van der Waals surface area contributed by atoms with Gasteiger partial charge < -0.3 is 19.9 Å². The molecule has 3 rings (SSSR count). The van der Waals surface area contributed by atoms with Crippen LogP contribution in [0.3, 0.4) is 0 Å². The van der Waals surface area contributed by atoms with E-state index in [0.29, 0.717) is 31.2 Å². The van der Waals surface area contributed by atoms with Gasteiger partial charge in [0.2, 0.25) is 5.91 Å². The van der Waals surface area contributed by atoms with Crippen molar-refractivity contribution in [3.63, 3.8) is 0 Å². The molecule has 3 atom stereocenters. The van der Waals surface area contributed by atoms with Crippen LogP contribution in [0.4, 0.5) is 5.69 Å². The smallest absolute Gasteiger partial charge is 0.254 e. The summed E-state index contributed by atoms with van der Waals surface area (Å²) in [5, 5.41) is 3.04.